The second-order valence-electron chi connectivity index (χ2n) is 13.4. The van der Waals surface area contributed by atoms with Crippen LogP contribution in [0.15, 0.2) is 48.7 Å². The van der Waals surface area contributed by atoms with E-state index in [2.05, 4.69) is 84.3 Å². The van der Waals surface area contributed by atoms with Gasteiger partial charge in [-0.15, -0.1) is 0 Å². The summed E-state index contributed by atoms with van der Waals surface area (Å²) in [6.07, 6.45) is 1.80. The van der Waals surface area contributed by atoms with E-state index in [1.54, 1.807) is 13.3 Å². The molecule has 5 nitrogen and oxygen atoms in total. The first-order chi connectivity index (χ1) is 17.5. The Morgan fingerprint density at radius 2 is 1.26 bits per heavy atom. The first-order valence-corrected chi connectivity index (χ1v) is 13.4. The molecule has 206 valence electrons. The van der Waals surface area contributed by atoms with Crippen molar-refractivity contribution in [2.75, 3.05) is 7.11 Å². The molecule has 0 aliphatic carbocycles. The van der Waals surface area contributed by atoms with E-state index < -0.39 is 0 Å². The van der Waals surface area contributed by atoms with Gasteiger partial charge in [-0.1, -0.05) is 80.5 Å². The van der Waals surface area contributed by atoms with Gasteiger partial charge in [0.1, 0.15) is 17.2 Å². The highest BCUT2D eigenvalue weighted by Gasteiger charge is 2.27. The predicted molar refractivity (Wildman–Crippen MR) is 156 cm³/mol. The molecule has 0 amide bonds. The topological polar surface area (TPSA) is 65.8 Å². The molecule has 3 rings (SSSR count). The van der Waals surface area contributed by atoms with Crippen LogP contribution in [0.1, 0.15) is 95.8 Å². The number of aromatic nitrogens is 1. The Balaban J connectivity index is 2.13. The van der Waals surface area contributed by atoms with Crippen molar-refractivity contribution < 1.29 is 14.9 Å². The maximum Gasteiger partial charge on any atom is 0.124 e. The minimum atomic E-state index is -0.250. The van der Waals surface area contributed by atoms with Crippen molar-refractivity contribution in [3.8, 4) is 17.2 Å². The number of phenolic OH excluding ortho intramolecular Hbond substituents is 2. The van der Waals surface area contributed by atoms with Crippen molar-refractivity contribution in [2.45, 2.75) is 98.2 Å². The molecule has 0 bridgehead atoms. The van der Waals surface area contributed by atoms with Crippen LogP contribution in [0.2, 0.25) is 0 Å². The lowest BCUT2D eigenvalue weighted by atomic mass is 9.79. The van der Waals surface area contributed by atoms with Gasteiger partial charge in [0.2, 0.25) is 0 Å². The number of rotatable bonds is 7. The fourth-order valence-electron chi connectivity index (χ4n) is 4.67. The largest absolute Gasteiger partial charge is 0.507 e. The fourth-order valence-corrected chi connectivity index (χ4v) is 4.67. The molecular formula is C33H46N2O3. The van der Waals surface area contributed by atoms with Crippen molar-refractivity contribution in [1.29, 1.82) is 0 Å². The van der Waals surface area contributed by atoms with E-state index >= 15 is 0 Å². The standard InChI is InChI=1S/C33H46N2O3/c1-31(2,3)24-15-22(29(36)27(17-24)32(4,5)6)19-35(21-25-13-11-12-14-34-25)20-23-16-26(38-10)18-28(30(23)37)33(7,8)9/h11-18,36-37H,19-21H2,1-10H3. The lowest BCUT2D eigenvalue weighted by molar-refractivity contribution is 0.236. The molecule has 2 aromatic carbocycles. The van der Waals surface area contributed by atoms with Crippen molar-refractivity contribution in [1.82, 2.24) is 9.88 Å². The summed E-state index contributed by atoms with van der Waals surface area (Å²) in [5, 5.41) is 22.8. The molecule has 0 saturated carbocycles. The highest BCUT2D eigenvalue weighted by atomic mass is 16.5. The smallest absolute Gasteiger partial charge is 0.124 e. The van der Waals surface area contributed by atoms with E-state index in [0.717, 1.165) is 27.9 Å². The third-order valence-electron chi connectivity index (χ3n) is 6.97. The first-order valence-electron chi connectivity index (χ1n) is 13.4. The van der Waals surface area contributed by atoms with E-state index in [1.807, 2.05) is 30.3 Å². The lowest BCUT2D eigenvalue weighted by Crippen LogP contribution is -2.25. The predicted octanol–water partition coefficient (Wildman–Crippen LogP) is 7.60. The number of benzene rings is 2. The molecule has 0 saturated heterocycles. The van der Waals surface area contributed by atoms with Gasteiger partial charge in [0.15, 0.2) is 0 Å². The molecule has 0 fully saturated rings. The van der Waals surface area contributed by atoms with Crippen molar-refractivity contribution in [3.05, 3.63) is 82.2 Å². The maximum atomic E-state index is 11.5. The summed E-state index contributed by atoms with van der Waals surface area (Å²) in [5.74, 6) is 1.34. The number of nitrogens with zero attached hydrogens (tertiary/aromatic N) is 2. The average Bonchev–Trinajstić information content (AvgIpc) is 2.80. The van der Waals surface area contributed by atoms with Gasteiger partial charge in [-0.3, -0.25) is 9.88 Å². The number of methoxy groups -OCH3 is 1. The molecule has 38 heavy (non-hydrogen) atoms. The molecule has 5 heteroatoms. The third-order valence-corrected chi connectivity index (χ3v) is 6.97. The number of phenols is 2. The van der Waals surface area contributed by atoms with Crippen LogP contribution in [0.3, 0.4) is 0 Å². The zero-order valence-electron chi connectivity index (χ0n) is 24.9. The van der Waals surface area contributed by atoms with Crippen LogP contribution < -0.4 is 4.74 Å². The monoisotopic (exact) mass is 518 g/mol. The molecule has 0 atom stereocenters. The Kier molecular flexibility index (Phi) is 8.52. The van der Waals surface area contributed by atoms with Gasteiger partial charge in [-0.25, -0.2) is 0 Å². The van der Waals surface area contributed by atoms with Crippen molar-refractivity contribution in [2.24, 2.45) is 0 Å². The van der Waals surface area contributed by atoms with Crippen LogP contribution in [0.4, 0.5) is 0 Å². The molecule has 0 aliphatic rings. The molecule has 3 aromatic rings. The molecule has 0 radical (unpaired) electrons. The number of pyridine rings is 1. The number of ether oxygens (including phenoxy) is 1. The highest BCUT2D eigenvalue weighted by Crippen LogP contribution is 2.40. The fraction of sp³-hybridized carbons (Fsp3) is 0.485. The number of aromatic hydroxyl groups is 2. The van der Waals surface area contributed by atoms with E-state index in [9.17, 15) is 10.2 Å². The Labute approximate surface area is 229 Å². The van der Waals surface area contributed by atoms with Gasteiger partial charge in [-0.2, -0.15) is 0 Å². The zero-order chi connectivity index (χ0) is 28.5. The maximum absolute atomic E-state index is 11.5. The van der Waals surface area contributed by atoms with Crippen LogP contribution in [0.5, 0.6) is 17.2 Å². The first kappa shape index (κ1) is 29.5. The van der Waals surface area contributed by atoms with Crippen LogP contribution >= 0.6 is 0 Å². The minimum absolute atomic E-state index is 0.0685. The summed E-state index contributed by atoms with van der Waals surface area (Å²) >= 11 is 0. The SMILES string of the molecule is COc1cc(CN(Cc2ccccn2)Cc2cc(C(C)(C)C)cc(C(C)(C)C)c2O)c(O)c(C(C)(C)C)c1. The summed E-state index contributed by atoms with van der Waals surface area (Å²) in [7, 11) is 1.65. The van der Waals surface area contributed by atoms with Gasteiger partial charge in [0, 0.05) is 42.5 Å². The molecule has 0 unspecified atom stereocenters. The quantitative estimate of drug-likeness (QED) is 0.337. The number of hydrogen-bond donors (Lipinski definition) is 2. The summed E-state index contributed by atoms with van der Waals surface area (Å²) in [6, 6.07) is 14.0. The summed E-state index contributed by atoms with van der Waals surface area (Å²) in [5.41, 5.74) is 5.03. The van der Waals surface area contributed by atoms with E-state index in [0.29, 0.717) is 31.1 Å². The Hall–Kier alpha value is -3.05. The summed E-state index contributed by atoms with van der Waals surface area (Å²) in [4.78, 5) is 6.78. The van der Waals surface area contributed by atoms with Crippen LogP contribution in [-0.4, -0.2) is 27.2 Å². The molecule has 1 aromatic heterocycles. The summed E-state index contributed by atoms with van der Waals surface area (Å²) in [6.45, 7) is 20.8. The molecule has 1 heterocycles. The van der Waals surface area contributed by atoms with Crippen LogP contribution in [-0.2, 0) is 35.9 Å². The second kappa shape index (κ2) is 11.0. The average molecular weight is 519 g/mol. The van der Waals surface area contributed by atoms with Gasteiger partial charge >= 0.3 is 0 Å². The zero-order valence-corrected chi connectivity index (χ0v) is 24.9. The molecule has 2 N–H and O–H groups in total. The van der Waals surface area contributed by atoms with Crippen LogP contribution in [0.25, 0.3) is 0 Å². The molecule has 0 spiro atoms. The third kappa shape index (κ3) is 7.08. The number of hydrogen-bond acceptors (Lipinski definition) is 5. The Bertz CT molecular complexity index is 1250. The summed E-state index contributed by atoms with van der Waals surface area (Å²) < 4.78 is 5.61. The lowest BCUT2D eigenvalue weighted by Gasteiger charge is -2.30. The molecular weight excluding hydrogens is 472 g/mol. The van der Waals surface area contributed by atoms with Gasteiger partial charge < -0.3 is 14.9 Å². The van der Waals surface area contributed by atoms with Crippen LogP contribution in [0, 0.1) is 0 Å². The highest BCUT2D eigenvalue weighted by molar-refractivity contribution is 5.50. The van der Waals surface area contributed by atoms with E-state index in [1.165, 1.54) is 5.56 Å². The van der Waals surface area contributed by atoms with E-state index in [-0.39, 0.29) is 22.0 Å². The van der Waals surface area contributed by atoms with Crippen molar-refractivity contribution >= 4 is 0 Å². The normalized spacial score (nSPS) is 12.7. The Morgan fingerprint density at radius 3 is 1.74 bits per heavy atom. The van der Waals surface area contributed by atoms with Crippen molar-refractivity contribution in [3.63, 3.8) is 0 Å². The van der Waals surface area contributed by atoms with Gasteiger partial charge in [0.05, 0.1) is 12.8 Å². The Morgan fingerprint density at radius 1 is 0.711 bits per heavy atom. The molecule has 0 aliphatic heterocycles. The van der Waals surface area contributed by atoms with E-state index in [4.69, 9.17) is 4.74 Å². The minimum Gasteiger partial charge on any atom is -0.507 e. The van der Waals surface area contributed by atoms with Gasteiger partial charge in [0.25, 0.3) is 0 Å². The van der Waals surface area contributed by atoms with Gasteiger partial charge in [-0.05, 0) is 51.6 Å². The second-order valence-corrected chi connectivity index (χ2v) is 13.4.